The molecule has 0 unspecified atom stereocenters. The molecule has 19 heavy (non-hydrogen) atoms. The molecule has 1 heterocycles. The lowest BCUT2D eigenvalue weighted by molar-refractivity contribution is 0.0697. The van der Waals surface area contributed by atoms with E-state index in [0.717, 1.165) is 21.2 Å². The molecule has 4 heteroatoms. The summed E-state index contributed by atoms with van der Waals surface area (Å²) in [6, 6.07) is 12.1. The number of hydrogen-bond donors (Lipinski definition) is 2. The highest BCUT2D eigenvalue weighted by Gasteiger charge is 2.12. The van der Waals surface area contributed by atoms with Gasteiger partial charge in [-0.3, -0.25) is 0 Å². The van der Waals surface area contributed by atoms with E-state index in [-0.39, 0.29) is 11.3 Å². The molecule has 0 spiro atoms. The molecule has 0 fully saturated rings. The number of hydrogen-bond acceptors (Lipinski definition) is 3. The zero-order chi connectivity index (χ0) is 13.4. The minimum atomic E-state index is -0.948. The van der Waals surface area contributed by atoms with Crippen LogP contribution >= 0.6 is 11.3 Å². The Labute approximate surface area is 113 Å². The lowest BCUT2D eigenvalue weighted by Crippen LogP contribution is -1.94. The summed E-state index contributed by atoms with van der Waals surface area (Å²) in [5.41, 5.74) is 1.83. The number of fused-ring (bicyclic) bond motifs is 1. The average Bonchev–Trinajstić information content (AvgIpc) is 2.82. The van der Waals surface area contributed by atoms with E-state index in [1.807, 2.05) is 17.5 Å². The second-order valence-corrected chi connectivity index (χ2v) is 5.09. The Morgan fingerprint density at radius 1 is 1.05 bits per heavy atom. The zero-order valence-corrected chi connectivity index (χ0v) is 10.6. The zero-order valence-electron chi connectivity index (χ0n) is 9.83. The third-order valence-electron chi connectivity index (χ3n) is 3.01. The van der Waals surface area contributed by atoms with E-state index < -0.39 is 5.97 Å². The predicted octanol–water partition coefficient (Wildman–Crippen LogP) is 3.97. The fourth-order valence-corrected chi connectivity index (χ4v) is 3.01. The predicted molar refractivity (Wildman–Crippen MR) is 75.9 cm³/mol. The molecular formula is C15H10O3S. The van der Waals surface area contributed by atoms with Crippen molar-refractivity contribution in [1.82, 2.24) is 0 Å². The highest BCUT2D eigenvalue weighted by atomic mass is 32.1. The number of aromatic hydroxyl groups is 1. The third kappa shape index (κ3) is 1.96. The first kappa shape index (κ1) is 11.7. The molecule has 3 aromatic rings. The van der Waals surface area contributed by atoms with Crippen molar-refractivity contribution in [2.24, 2.45) is 0 Å². The van der Waals surface area contributed by atoms with Gasteiger partial charge in [-0.05, 0) is 29.6 Å². The number of carboxylic acid groups (broad SMARTS) is 1. The summed E-state index contributed by atoms with van der Waals surface area (Å²) in [4.78, 5) is 11.0. The highest BCUT2D eigenvalue weighted by Crippen LogP contribution is 2.38. The highest BCUT2D eigenvalue weighted by molar-refractivity contribution is 7.17. The number of benzene rings is 2. The average molecular weight is 270 g/mol. The van der Waals surface area contributed by atoms with E-state index in [0.29, 0.717) is 0 Å². The van der Waals surface area contributed by atoms with Gasteiger partial charge >= 0.3 is 5.97 Å². The first-order valence-electron chi connectivity index (χ1n) is 5.70. The molecule has 2 N–H and O–H groups in total. The lowest BCUT2D eigenvalue weighted by atomic mass is 10.0. The maximum Gasteiger partial charge on any atom is 0.335 e. The smallest absolute Gasteiger partial charge is 0.335 e. The van der Waals surface area contributed by atoms with Crippen LogP contribution in [-0.4, -0.2) is 16.2 Å². The van der Waals surface area contributed by atoms with E-state index in [4.69, 9.17) is 5.11 Å². The Morgan fingerprint density at radius 2 is 1.84 bits per heavy atom. The summed E-state index contributed by atoms with van der Waals surface area (Å²) in [6.07, 6.45) is 0. The molecule has 0 amide bonds. The first-order valence-corrected chi connectivity index (χ1v) is 6.57. The summed E-state index contributed by atoms with van der Waals surface area (Å²) in [7, 11) is 0. The summed E-state index contributed by atoms with van der Waals surface area (Å²) in [5, 5.41) is 21.7. The van der Waals surface area contributed by atoms with Crippen LogP contribution < -0.4 is 0 Å². The quantitative estimate of drug-likeness (QED) is 0.740. The number of phenols is 1. The molecule has 0 aliphatic rings. The fourth-order valence-electron chi connectivity index (χ4n) is 2.07. The molecule has 0 bridgehead atoms. The van der Waals surface area contributed by atoms with Gasteiger partial charge < -0.3 is 10.2 Å². The van der Waals surface area contributed by atoms with Crippen LogP contribution in [0, 0.1) is 0 Å². The molecular weight excluding hydrogens is 260 g/mol. The number of para-hydroxylation sites is 1. The van der Waals surface area contributed by atoms with Crippen molar-refractivity contribution in [1.29, 1.82) is 0 Å². The molecule has 94 valence electrons. The van der Waals surface area contributed by atoms with Crippen LogP contribution in [0.3, 0.4) is 0 Å². The summed E-state index contributed by atoms with van der Waals surface area (Å²) in [6.45, 7) is 0. The van der Waals surface area contributed by atoms with Crippen molar-refractivity contribution < 1.29 is 15.0 Å². The van der Waals surface area contributed by atoms with Crippen molar-refractivity contribution in [3.8, 4) is 16.9 Å². The summed E-state index contributed by atoms with van der Waals surface area (Å²) < 4.78 is 1.00. The molecule has 0 atom stereocenters. The molecule has 0 saturated carbocycles. The van der Waals surface area contributed by atoms with E-state index in [9.17, 15) is 9.90 Å². The Hall–Kier alpha value is -2.33. The molecule has 0 radical (unpaired) electrons. The third-order valence-corrected chi connectivity index (χ3v) is 3.98. The van der Waals surface area contributed by atoms with Crippen molar-refractivity contribution in [2.75, 3.05) is 0 Å². The molecule has 0 aliphatic heterocycles. The number of thiophene rings is 1. The minimum absolute atomic E-state index is 0.197. The van der Waals surface area contributed by atoms with Crippen molar-refractivity contribution >= 4 is 27.4 Å². The molecule has 3 rings (SSSR count). The van der Waals surface area contributed by atoms with Gasteiger partial charge in [0.25, 0.3) is 0 Å². The number of aromatic carboxylic acids is 1. The molecule has 2 aromatic carbocycles. The Bertz CT molecular complexity index is 774. The number of carbonyl (C=O) groups is 1. The number of phenolic OH excluding ortho intramolecular Hbond substituents is 1. The maximum absolute atomic E-state index is 11.0. The number of carboxylic acids is 1. The van der Waals surface area contributed by atoms with Crippen LogP contribution in [0.1, 0.15) is 10.4 Å². The van der Waals surface area contributed by atoms with Gasteiger partial charge in [0.05, 0.1) is 5.56 Å². The van der Waals surface area contributed by atoms with Gasteiger partial charge in [0.2, 0.25) is 0 Å². The van der Waals surface area contributed by atoms with Gasteiger partial charge in [0.1, 0.15) is 5.75 Å². The maximum atomic E-state index is 11.0. The van der Waals surface area contributed by atoms with Gasteiger partial charge in [-0.1, -0.05) is 18.2 Å². The van der Waals surface area contributed by atoms with E-state index >= 15 is 0 Å². The normalized spacial score (nSPS) is 10.7. The van der Waals surface area contributed by atoms with Crippen LogP contribution in [0.5, 0.6) is 5.75 Å². The molecule has 1 aromatic heterocycles. The lowest BCUT2D eigenvalue weighted by Gasteiger charge is -2.03. The van der Waals surface area contributed by atoms with Crippen molar-refractivity contribution in [2.45, 2.75) is 0 Å². The van der Waals surface area contributed by atoms with Gasteiger partial charge in [0, 0.05) is 21.2 Å². The Morgan fingerprint density at radius 3 is 2.58 bits per heavy atom. The standard InChI is InChI=1S/C15H10O3S/c16-13-4-2-1-3-10(13)12-8-19-14-6-5-9(15(17)18)7-11(12)14/h1-8,16H,(H,17,18). The van der Waals surface area contributed by atoms with E-state index in [2.05, 4.69) is 0 Å². The fraction of sp³-hybridized carbons (Fsp3) is 0. The second-order valence-electron chi connectivity index (χ2n) is 4.18. The summed E-state index contributed by atoms with van der Waals surface area (Å²) in [5.74, 6) is -0.751. The van der Waals surface area contributed by atoms with Crippen LogP contribution in [0.25, 0.3) is 21.2 Å². The van der Waals surface area contributed by atoms with Crippen molar-refractivity contribution in [3.05, 3.63) is 53.4 Å². The Balaban J connectivity index is 2.27. The first-order chi connectivity index (χ1) is 9.16. The topological polar surface area (TPSA) is 57.5 Å². The monoisotopic (exact) mass is 270 g/mol. The van der Waals surface area contributed by atoms with Crippen LogP contribution in [0.2, 0.25) is 0 Å². The van der Waals surface area contributed by atoms with Gasteiger partial charge in [-0.2, -0.15) is 0 Å². The van der Waals surface area contributed by atoms with Crippen LogP contribution in [0.4, 0.5) is 0 Å². The number of rotatable bonds is 2. The molecule has 0 saturated heterocycles. The van der Waals surface area contributed by atoms with Gasteiger partial charge in [0.15, 0.2) is 0 Å². The van der Waals surface area contributed by atoms with Crippen LogP contribution in [-0.2, 0) is 0 Å². The van der Waals surface area contributed by atoms with Gasteiger partial charge in [-0.25, -0.2) is 4.79 Å². The second kappa shape index (κ2) is 4.40. The minimum Gasteiger partial charge on any atom is -0.507 e. The van der Waals surface area contributed by atoms with Gasteiger partial charge in [-0.15, -0.1) is 11.3 Å². The molecule has 0 aliphatic carbocycles. The largest absolute Gasteiger partial charge is 0.507 e. The van der Waals surface area contributed by atoms with Crippen LogP contribution in [0.15, 0.2) is 47.8 Å². The Kier molecular flexibility index (Phi) is 2.72. The SMILES string of the molecule is O=C(O)c1ccc2scc(-c3ccccc3O)c2c1. The van der Waals surface area contributed by atoms with E-state index in [1.54, 1.807) is 30.3 Å². The summed E-state index contributed by atoms with van der Waals surface area (Å²) >= 11 is 1.53. The van der Waals surface area contributed by atoms with Crippen molar-refractivity contribution in [3.63, 3.8) is 0 Å². The van der Waals surface area contributed by atoms with E-state index in [1.165, 1.54) is 11.3 Å². The molecule has 3 nitrogen and oxygen atoms in total.